The molecule has 0 aromatic heterocycles. The SMILES string of the molecule is CCC1CC(CC)C(C(CC(=O)OC2(CC)CC3CCC2C3)OC(C)=O)C1. The van der Waals surface area contributed by atoms with E-state index < -0.39 is 0 Å². The van der Waals surface area contributed by atoms with Crippen LogP contribution in [-0.4, -0.2) is 23.6 Å². The van der Waals surface area contributed by atoms with E-state index in [1.807, 2.05) is 0 Å². The highest BCUT2D eigenvalue weighted by Gasteiger charge is 2.53. The molecule has 0 amide bonds. The molecule has 0 N–H and O–H groups in total. The summed E-state index contributed by atoms with van der Waals surface area (Å²) in [6.45, 7) is 8.04. The van der Waals surface area contributed by atoms with E-state index in [0.29, 0.717) is 17.8 Å². The van der Waals surface area contributed by atoms with Gasteiger partial charge in [-0.25, -0.2) is 0 Å². The van der Waals surface area contributed by atoms with E-state index in [9.17, 15) is 9.59 Å². The fourth-order valence-corrected chi connectivity index (χ4v) is 6.48. The topological polar surface area (TPSA) is 52.6 Å². The first-order valence-corrected chi connectivity index (χ1v) is 11.3. The summed E-state index contributed by atoms with van der Waals surface area (Å²) in [5.74, 6) is 2.32. The fraction of sp³-hybridized carbons (Fsp3) is 0.913. The van der Waals surface area contributed by atoms with E-state index in [-0.39, 0.29) is 36.0 Å². The zero-order valence-corrected chi connectivity index (χ0v) is 17.7. The van der Waals surface area contributed by atoms with Crippen LogP contribution in [0.4, 0.5) is 0 Å². The molecular formula is C23H38O4. The van der Waals surface area contributed by atoms with Gasteiger partial charge in [0.2, 0.25) is 0 Å². The number of ether oxygens (including phenoxy) is 2. The first-order chi connectivity index (χ1) is 12.9. The van der Waals surface area contributed by atoms with Gasteiger partial charge in [-0.05, 0) is 74.5 Å². The number of carbonyl (C=O) groups is 2. The van der Waals surface area contributed by atoms with E-state index in [1.165, 1.54) is 32.6 Å². The molecule has 0 aromatic rings. The number of fused-ring (bicyclic) bond motifs is 2. The molecule has 0 heterocycles. The number of hydrogen-bond donors (Lipinski definition) is 0. The van der Waals surface area contributed by atoms with Crippen molar-refractivity contribution < 1.29 is 19.1 Å². The highest BCUT2D eigenvalue weighted by atomic mass is 16.6. The van der Waals surface area contributed by atoms with Crippen molar-refractivity contribution in [2.24, 2.45) is 29.6 Å². The summed E-state index contributed by atoms with van der Waals surface area (Å²) in [6.07, 6.45) is 10.00. The second-order valence-electron chi connectivity index (χ2n) is 9.40. The summed E-state index contributed by atoms with van der Waals surface area (Å²) in [5.41, 5.74) is -0.257. The van der Waals surface area contributed by atoms with E-state index in [4.69, 9.17) is 9.47 Å². The van der Waals surface area contributed by atoms with Gasteiger partial charge in [0.15, 0.2) is 0 Å². The quantitative estimate of drug-likeness (QED) is 0.539. The molecule has 3 aliphatic carbocycles. The maximum Gasteiger partial charge on any atom is 0.310 e. The monoisotopic (exact) mass is 378 g/mol. The lowest BCUT2D eigenvalue weighted by atomic mass is 9.82. The largest absolute Gasteiger partial charge is 0.462 e. The summed E-state index contributed by atoms with van der Waals surface area (Å²) in [7, 11) is 0. The van der Waals surface area contributed by atoms with Crippen LogP contribution in [0.25, 0.3) is 0 Å². The zero-order chi connectivity index (χ0) is 19.6. The molecule has 4 heteroatoms. The molecule has 0 spiro atoms. The Balaban J connectivity index is 1.67. The van der Waals surface area contributed by atoms with Crippen LogP contribution in [0.1, 0.15) is 91.9 Å². The van der Waals surface area contributed by atoms with E-state index in [0.717, 1.165) is 38.0 Å². The maximum absolute atomic E-state index is 12.9. The minimum Gasteiger partial charge on any atom is -0.462 e. The van der Waals surface area contributed by atoms with Gasteiger partial charge < -0.3 is 9.47 Å². The predicted octanol–water partition coefficient (Wildman–Crippen LogP) is 5.28. The van der Waals surface area contributed by atoms with Crippen molar-refractivity contribution in [2.75, 3.05) is 0 Å². The Morgan fingerprint density at radius 3 is 2.37 bits per heavy atom. The van der Waals surface area contributed by atoms with Crippen LogP contribution >= 0.6 is 0 Å². The van der Waals surface area contributed by atoms with Crippen molar-refractivity contribution in [1.29, 1.82) is 0 Å². The second kappa shape index (κ2) is 8.53. The molecule has 3 rings (SSSR count). The normalized spacial score (nSPS) is 38.7. The molecule has 0 radical (unpaired) electrons. The highest BCUT2D eigenvalue weighted by Crippen LogP contribution is 2.54. The summed E-state index contributed by atoms with van der Waals surface area (Å²) >= 11 is 0. The summed E-state index contributed by atoms with van der Waals surface area (Å²) in [6, 6.07) is 0. The lowest BCUT2D eigenvalue weighted by Gasteiger charge is -2.37. The molecule has 0 aromatic carbocycles. The van der Waals surface area contributed by atoms with Crippen LogP contribution in [-0.2, 0) is 19.1 Å². The Bertz CT molecular complexity index is 544. The van der Waals surface area contributed by atoms with E-state index in [2.05, 4.69) is 20.8 Å². The molecule has 7 atom stereocenters. The van der Waals surface area contributed by atoms with E-state index in [1.54, 1.807) is 0 Å². The van der Waals surface area contributed by atoms with Crippen molar-refractivity contribution in [1.82, 2.24) is 0 Å². The van der Waals surface area contributed by atoms with Crippen LogP contribution in [0.15, 0.2) is 0 Å². The van der Waals surface area contributed by atoms with Crippen LogP contribution in [0.5, 0.6) is 0 Å². The van der Waals surface area contributed by atoms with Crippen LogP contribution in [0.2, 0.25) is 0 Å². The van der Waals surface area contributed by atoms with Gasteiger partial charge in [-0.15, -0.1) is 0 Å². The minimum atomic E-state index is -0.330. The van der Waals surface area contributed by atoms with E-state index >= 15 is 0 Å². The molecule has 154 valence electrons. The maximum atomic E-state index is 12.9. The third-order valence-corrected chi connectivity index (χ3v) is 7.95. The number of rotatable bonds is 8. The molecule has 27 heavy (non-hydrogen) atoms. The van der Waals surface area contributed by atoms with Gasteiger partial charge in [-0.2, -0.15) is 0 Å². The Labute approximate surface area is 164 Å². The second-order valence-corrected chi connectivity index (χ2v) is 9.40. The number of carbonyl (C=O) groups excluding carboxylic acids is 2. The predicted molar refractivity (Wildman–Crippen MR) is 105 cm³/mol. The Hall–Kier alpha value is -1.06. The summed E-state index contributed by atoms with van der Waals surface area (Å²) in [4.78, 5) is 24.7. The molecule has 2 bridgehead atoms. The lowest BCUT2D eigenvalue weighted by molar-refractivity contribution is -0.172. The first-order valence-electron chi connectivity index (χ1n) is 11.3. The Morgan fingerprint density at radius 1 is 1.07 bits per heavy atom. The van der Waals surface area contributed by atoms with Crippen molar-refractivity contribution in [2.45, 2.75) is 104 Å². The molecule has 3 fully saturated rings. The van der Waals surface area contributed by atoms with Crippen LogP contribution in [0.3, 0.4) is 0 Å². The van der Waals surface area contributed by atoms with Crippen molar-refractivity contribution >= 4 is 11.9 Å². The molecular weight excluding hydrogens is 340 g/mol. The van der Waals surface area contributed by atoms with Gasteiger partial charge in [0.25, 0.3) is 0 Å². The number of hydrogen-bond acceptors (Lipinski definition) is 4. The van der Waals surface area contributed by atoms with Gasteiger partial charge in [0, 0.05) is 6.92 Å². The van der Waals surface area contributed by atoms with Crippen molar-refractivity contribution in [3.8, 4) is 0 Å². The molecule has 3 aliphatic rings. The van der Waals surface area contributed by atoms with Crippen LogP contribution in [0, 0.1) is 29.6 Å². The Morgan fingerprint density at radius 2 is 1.85 bits per heavy atom. The molecule has 7 unspecified atom stereocenters. The van der Waals surface area contributed by atoms with Gasteiger partial charge in [0.1, 0.15) is 11.7 Å². The minimum absolute atomic E-state index is 0.162. The highest BCUT2D eigenvalue weighted by molar-refractivity contribution is 5.72. The lowest BCUT2D eigenvalue weighted by Crippen LogP contribution is -2.41. The zero-order valence-electron chi connectivity index (χ0n) is 17.7. The third-order valence-electron chi connectivity index (χ3n) is 7.95. The molecule has 0 aliphatic heterocycles. The molecule has 4 nitrogen and oxygen atoms in total. The molecule has 3 saturated carbocycles. The third kappa shape index (κ3) is 4.35. The average molecular weight is 379 g/mol. The first kappa shape index (κ1) is 20.7. The van der Waals surface area contributed by atoms with Gasteiger partial charge in [0.05, 0.1) is 6.42 Å². The summed E-state index contributed by atoms with van der Waals surface area (Å²) < 4.78 is 11.8. The number of esters is 2. The Kier molecular flexibility index (Phi) is 6.53. The smallest absolute Gasteiger partial charge is 0.310 e. The fourth-order valence-electron chi connectivity index (χ4n) is 6.48. The van der Waals surface area contributed by atoms with Gasteiger partial charge >= 0.3 is 11.9 Å². The van der Waals surface area contributed by atoms with Gasteiger partial charge in [-0.1, -0.05) is 33.6 Å². The standard InChI is InChI=1S/C23H38O4/c1-5-16-10-18(6-2)20(12-16)21(26-15(4)24)13-22(25)27-23(7-3)14-17-8-9-19(23)11-17/h16-21H,5-14H2,1-4H3. The van der Waals surface area contributed by atoms with Gasteiger partial charge in [-0.3, -0.25) is 9.59 Å². The molecule has 0 saturated heterocycles. The van der Waals surface area contributed by atoms with Crippen LogP contribution < -0.4 is 0 Å². The average Bonchev–Trinajstić information content (AvgIpc) is 3.34. The van der Waals surface area contributed by atoms with Crippen molar-refractivity contribution in [3.63, 3.8) is 0 Å². The van der Waals surface area contributed by atoms with Crippen molar-refractivity contribution in [3.05, 3.63) is 0 Å². The summed E-state index contributed by atoms with van der Waals surface area (Å²) in [5, 5.41) is 0.